The van der Waals surface area contributed by atoms with Crippen LogP contribution in [0.3, 0.4) is 0 Å². The number of nitrogens with one attached hydrogen (secondary N) is 2. The van der Waals surface area contributed by atoms with E-state index < -0.39 is 0 Å². The number of anilines is 1. The highest BCUT2D eigenvalue weighted by molar-refractivity contribution is 5.98. The highest BCUT2D eigenvalue weighted by Crippen LogP contribution is 2.18. The summed E-state index contributed by atoms with van der Waals surface area (Å²) in [6.07, 6.45) is 2.73. The molecule has 0 saturated carbocycles. The quantitative estimate of drug-likeness (QED) is 0.782. The maximum Gasteiger partial charge on any atom is 0.268 e. The van der Waals surface area contributed by atoms with E-state index in [1.54, 1.807) is 6.20 Å². The highest BCUT2D eigenvalue weighted by Gasteiger charge is 2.25. The summed E-state index contributed by atoms with van der Waals surface area (Å²) >= 11 is 0. The molecule has 0 aliphatic carbocycles. The first kappa shape index (κ1) is 13.8. The van der Waals surface area contributed by atoms with E-state index in [0.29, 0.717) is 5.69 Å². The Morgan fingerprint density at radius 1 is 1.22 bits per heavy atom. The Morgan fingerprint density at radius 3 is 2.91 bits per heavy atom. The van der Waals surface area contributed by atoms with Gasteiger partial charge in [-0.2, -0.15) is 0 Å². The number of carbonyl (C=O) groups excluding carboxylic acids is 1. The number of benzene rings is 1. The minimum atomic E-state index is -0.0472. The van der Waals surface area contributed by atoms with Crippen molar-refractivity contribution >= 4 is 22.6 Å². The van der Waals surface area contributed by atoms with Gasteiger partial charge in [-0.3, -0.25) is 4.79 Å². The Morgan fingerprint density at radius 2 is 2.09 bits per heavy atom. The molecule has 0 unspecified atom stereocenters. The van der Waals surface area contributed by atoms with Crippen molar-refractivity contribution in [3.8, 4) is 0 Å². The van der Waals surface area contributed by atoms with Gasteiger partial charge in [0.25, 0.3) is 5.91 Å². The molecule has 1 saturated heterocycles. The van der Waals surface area contributed by atoms with Crippen molar-refractivity contribution in [2.75, 3.05) is 18.0 Å². The van der Waals surface area contributed by atoms with Crippen molar-refractivity contribution in [3.63, 3.8) is 0 Å². The molecule has 0 spiro atoms. The van der Waals surface area contributed by atoms with Crippen molar-refractivity contribution in [3.05, 3.63) is 60.4 Å². The number of aromatic amines is 1. The third-order valence-electron chi connectivity index (χ3n) is 4.27. The summed E-state index contributed by atoms with van der Waals surface area (Å²) in [5.74, 6) is 0.920. The Labute approximate surface area is 134 Å². The molecule has 1 amide bonds. The van der Waals surface area contributed by atoms with Gasteiger partial charge < -0.3 is 15.2 Å². The molecular weight excluding hydrogens is 288 g/mol. The minimum absolute atomic E-state index is 0.0472. The van der Waals surface area contributed by atoms with Gasteiger partial charge in [0.1, 0.15) is 11.5 Å². The fourth-order valence-corrected chi connectivity index (χ4v) is 3.09. The van der Waals surface area contributed by atoms with Gasteiger partial charge in [-0.15, -0.1) is 0 Å². The summed E-state index contributed by atoms with van der Waals surface area (Å²) in [7, 11) is 0. The fourth-order valence-electron chi connectivity index (χ4n) is 3.09. The number of hydrogen-bond acceptors (Lipinski definition) is 3. The molecule has 5 nitrogen and oxygen atoms in total. The van der Waals surface area contributed by atoms with Crippen LogP contribution in [0.2, 0.25) is 0 Å². The van der Waals surface area contributed by atoms with Crippen LogP contribution < -0.4 is 10.2 Å². The van der Waals surface area contributed by atoms with Gasteiger partial charge >= 0.3 is 0 Å². The lowest BCUT2D eigenvalue weighted by molar-refractivity contribution is 0.0936. The van der Waals surface area contributed by atoms with Crippen molar-refractivity contribution in [2.24, 2.45) is 0 Å². The number of pyridine rings is 1. The number of para-hydroxylation sites is 1. The third kappa shape index (κ3) is 2.77. The Kier molecular flexibility index (Phi) is 3.46. The van der Waals surface area contributed by atoms with Gasteiger partial charge in [0.2, 0.25) is 0 Å². The Bertz CT molecular complexity index is 794. The smallest absolute Gasteiger partial charge is 0.268 e. The van der Waals surface area contributed by atoms with Crippen LogP contribution >= 0.6 is 0 Å². The lowest BCUT2D eigenvalue weighted by Gasteiger charge is -2.17. The summed E-state index contributed by atoms with van der Waals surface area (Å²) in [5.41, 5.74) is 1.60. The van der Waals surface area contributed by atoms with Crippen molar-refractivity contribution in [1.29, 1.82) is 0 Å². The number of fused-ring (bicyclic) bond motifs is 1. The zero-order valence-electron chi connectivity index (χ0n) is 12.7. The molecule has 1 aliphatic rings. The van der Waals surface area contributed by atoms with Crippen molar-refractivity contribution < 1.29 is 4.79 Å². The molecule has 1 aromatic carbocycles. The van der Waals surface area contributed by atoms with Crippen molar-refractivity contribution in [1.82, 2.24) is 15.3 Å². The van der Waals surface area contributed by atoms with E-state index in [2.05, 4.69) is 20.2 Å². The second-order valence-corrected chi connectivity index (χ2v) is 5.86. The predicted molar refractivity (Wildman–Crippen MR) is 90.6 cm³/mol. The molecule has 5 heteroatoms. The molecule has 2 aromatic heterocycles. The summed E-state index contributed by atoms with van der Waals surface area (Å²) < 4.78 is 0. The maximum absolute atomic E-state index is 12.4. The van der Waals surface area contributed by atoms with Gasteiger partial charge in [-0.1, -0.05) is 24.3 Å². The van der Waals surface area contributed by atoms with Crippen LogP contribution in [0.5, 0.6) is 0 Å². The van der Waals surface area contributed by atoms with E-state index in [9.17, 15) is 4.79 Å². The van der Waals surface area contributed by atoms with Gasteiger partial charge in [0.05, 0.1) is 0 Å². The second-order valence-electron chi connectivity index (χ2n) is 5.86. The van der Waals surface area contributed by atoms with Gasteiger partial charge in [-0.05, 0) is 30.7 Å². The number of rotatable bonds is 3. The molecule has 0 radical (unpaired) electrons. The van der Waals surface area contributed by atoms with Crippen molar-refractivity contribution in [2.45, 2.75) is 12.5 Å². The first-order chi connectivity index (χ1) is 11.3. The third-order valence-corrected chi connectivity index (χ3v) is 4.27. The van der Waals surface area contributed by atoms with E-state index in [1.165, 1.54) is 0 Å². The molecule has 1 fully saturated rings. The molecule has 3 heterocycles. The molecular formula is C18H18N4O. The van der Waals surface area contributed by atoms with E-state index in [1.807, 2.05) is 48.5 Å². The number of nitrogens with zero attached hydrogens (tertiary/aromatic N) is 2. The van der Waals surface area contributed by atoms with Crippen LogP contribution in [-0.4, -0.2) is 35.0 Å². The minimum Gasteiger partial charge on any atom is -0.354 e. The number of carbonyl (C=O) groups is 1. The van der Waals surface area contributed by atoms with Crippen LogP contribution in [0.25, 0.3) is 10.9 Å². The lowest BCUT2D eigenvalue weighted by Crippen LogP contribution is -2.37. The first-order valence-electron chi connectivity index (χ1n) is 7.84. The van der Waals surface area contributed by atoms with E-state index in [0.717, 1.165) is 36.2 Å². The Balaban J connectivity index is 1.43. The SMILES string of the molecule is O=C(N[C@@H]1CCN(c2ccccn2)C1)c1cc2ccccc2[nH]1. The first-order valence-corrected chi connectivity index (χ1v) is 7.84. The summed E-state index contributed by atoms with van der Waals surface area (Å²) in [6.45, 7) is 1.71. The summed E-state index contributed by atoms with van der Waals surface area (Å²) in [5, 5.41) is 4.17. The Hall–Kier alpha value is -2.82. The number of H-pyrrole nitrogens is 1. The van der Waals surface area contributed by atoms with E-state index in [4.69, 9.17) is 0 Å². The number of hydrogen-bond donors (Lipinski definition) is 2. The van der Waals surface area contributed by atoms with Crippen LogP contribution in [0.1, 0.15) is 16.9 Å². The van der Waals surface area contributed by atoms with E-state index in [-0.39, 0.29) is 11.9 Å². The molecule has 23 heavy (non-hydrogen) atoms. The summed E-state index contributed by atoms with van der Waals surface area (Å²) in [4.78, 5) is 22.2. The topological polar surface area (TPSA) is 61.0 Å². The zero-order valence-corrected chi connectivity index (χ0v) is 12.7. The molecule has 2 N–H and O–H groups in total. The predicted octanol–water partition coefficient (Wildman–Crippen LogP) is 2.57. The van der Waals surface area contributed by atoms with Crippen LogP contribution in [0.4, 0.5) is 5.82 Å². The normalized spacial score (nSPS) is 17.6. The van der Waals surface area contributed by atoms with E-state index >= 15 is 0 Å². The average molecular weight is 306 g/mol. The van der Waals surface area contributed by atoms with Crippen LogP contribution in [-0.2, 0) is 0 Å². The maximum atomic E-state index is 12.4. The molecule has 4 rings (SSSR count). The molecule has 116 valence electrons. The largest absolute Gasteiger partial charge is 0.354 e. The molecule has 1 atom stereocenters. The highest BCUT2D eigenvalue weighted by atomic mass is 16.2. The van der Waals surface area contributed by atoms with Gasteiger partial charge in [0.15, 0.2) is 0 Å². The number of aromatic nitrogens is 2. The van der Waals surface area contributed by atoms with Gasteiger partial charge in [0, 0.05) is 36.2 Å². The molecule has 3 aromatic rings. The van der Waals surface area contributed by atoms with Crippen LogP contribution in [0.15, 0.2) is 54.7 Å². The second kappa shape index (κ2) is 5.76. The monoisotopic (exact) mass is 306 g/mol. The summed E-state index contributed by atoms with van der Waals surface area (Å²) in [6, 6.07) is 15.9. The standard InChI is InChI=1S/C18H18N4O/c23-18(16-11-13-5-1-2-6-15(13)21-16)20-14-8-10-22(12-14)17-7-3-4-9-19-17/h1-7,9,11,14,21H,8,10,12H2,(H,20,23)/t14-/m1/s1. The molecule has 1 aliphatic heterocycles. The number of amides is 1. The van der Waals surface area contributed by atoms with Crippen LogP contribution in [0, 0.1) is 0 Å². The molecule has 0 bridgehead atoms. The zero-order chi connectivity index (χ0) is 15.6. The lowest BCUT2D eigenvalue weighted by atomic mass is 10.2. The van der Waals surface area contributed by atoms with Gasteiger partial charge in [-0.25, -0.2) is 4.98 Å². The fraction of sp³-hybridized carbons (Fsp3) is 0.222. The average Bonchev–Trinajstić information content (AvgIpc) is 3.22.